The van der Waals surface area contributed by atoms with Crippen LogP contribution in [0.2, 0.25) is 5.02 Å². The number of halogens is 1. The van der Waals surface area contributed by atoms with Gasteiger partial charge in [0.25, 0.3) is 5.91 Å². The average Bonchev–Trinajstić information content (AvgIpc) is 3.01. The average molecular weight is 387 g/mol. The van der Waals surface area contributed by atoms with Crippen molar-refractivity contribution in [3.63, 3.8) is 0 Å². The van der Waals surface area contributed by atoms with Crippen molar-refractivity contribution in [2.45, 2.75) is 20.5 Å². The normalized spacial score (nSPS) is 10.6. The quantitative estimate of drug-likeness (QED) is 0.600. The van der Waals surface area contributed by atoms with E-state index in [4.69, 9.17) is 16.3 Å². The molecule has 0 fully saturated rings. The van der Waals surface area contributed by atoms with Crippen molar-refractivity contribution in [1.82, 2.24) is 4.98 Å². The lowest BCUT2D eigenvalue weighted by Crippen LogP contribution is -2.25. The van der Waals surface area contributed by atoms with Gasteiger partial charge in [-0.1, -0.05) is 29.3 Å². The van der Waals surface area contributed by atoms with E-state index in [0.717, 1.165) is 16.3 Å². The third kappa shape index (κ3) is 4.23. The van der Waals surface area contributed by atoms with Crippen LogP contribution in [-0.2, 0) is 6.61 Å². The molecule has 1 amide bonds. The maximum absolute atomic E-state index is 12.8. The Morgan fingerprint density at radius 1 is 1.12 bits per heavy atom. The minimum Gasteiger partial charge on any atom is -0.486 e. The molecule has 6 heteroatoms. The predicted octanol–water partition coefficient (Wildman–Crippen LogP) is 5.27. The second-order valence-electron chi connectivity index (χ2n) is 5.96. The SMILES string of the molecule is Cc1ccc(N(C)C(=O)c2sc(COc3ccc(Cl)cc3)nc2C)cc1. The van der Waals surface area contributed by atoms with E-state index >= 15 is 0 Å². The smallest absolute Gasteiger partial charge is 0.270 e. The summed E-state index contributed by atoms with van der Waals surface area (Å²) in [7, 11) is 1.77. The number of carbonyl (C=O) groups is 1. The molecule has 0 radical (unpaired) electrons. The van der Waals surface area contributed by atoms with Gasteiger partial charge in [-0.25, -0.2) is 4.98 Å². The summed E-state index contributed by atoms with van der Waals surface area (Å²) in [6.07, 6.45) is 0. The molecule has 1 heterocycles. The summed E-state index contributed by atoms with van der Waals surface area (Å²) >= 11 is 7.23. The van der Waals surface area contributed by atoms with Crippen LogP contribution < -0.4 is 9.64 Å². The van der Waals surface area contributed by atoms with Crippen LogP contribution in [0.5, 0.6) is 5.75 Å². The zero-order valence-electron chi connectivity index (χ0n) is 14.8. The van der Waals surface area contributed by atoms with Crippen LogP contribution in [0.3, 0.4) is 0 Å². The number of nitrogens with zero attached hydrogens (tertiary/aromatic N) is 2. The Kier molecular flexibility index (Phi) is 5.59. The molecule has 2 aromatic carbocycles. The molecular weight excluding hydrogens is 368 g/mol. The summed E-state index contributed by atoms with van der Waals surface area (Å²) in [4.78, 5) is 19.6. The number of benzene rings is 2. The summed E-state index contributed by atoms with van der Waals surface area (Å²) in [6.45, 7) is 4.18. The molecule has 0 aliphatic carbocycles. The fourth-order valence-electron chi connectivity index (χ4n) is 2.43. The third-order valence-corrected chi connectivity index (χ3v) is 5.31. The Morgan fingerprint density at radius 2 is 1.77 bits per heavy atom. The fraction of sp³-hybridized carbons (Fsp3) is 0.200. The second-order valence-corrected chi connectivity index (χ2v) is 7.48. The second kappa shape index (κ2) is 7.89. The third-order valence-electron chi connectivity index (χ3n) is 3.94. The number of carbonyl (C=O) groups excluding carboxylic acids is 1. The maximum Gasteiger partial charge on any atom is 0.270 e. The molecule has 0 unspecified atom stereocenters. The molecule has 26 heavy (non-hydrogen) atoms. The van der Waals surface area contributed by atoms with Crippen molar-refractivity contribution in [1.29, 1.82) is 0 Å². The number of rotatable bonds is 5. The van der Waals surface area contributed by atoms with Crippen LogP contribution in [0.1, 0.15) is 25.9 Å². The van der Waals surface area contributed by atoms with E-state index < -0.39 is 0 Å². The van der Waals surface area contributed by atoms with Gasteiger partial charge < -0.3 is 9.64 Å². The Labute approximate surface area is 162 Å². The largest absolute Gasteiger partial charge is 0.486 e. The number of aryl methyl sites for hydroxylation is 2. The van der Waals surface area contributed by atoms with Gasteiger partial charge in [0, 0.05) is 17.8 Å². The molecule has 3 rings (SSSR count). The molecule has 0 atom stereocenters. The van der Waals surface area contributed by atoms with Crippen molar-refractivity contribution in [2.75, 3.05) is 11.9 Å². The maximum atomic E-state index is 12.8. The van der Waals surface area contributed by atoms with Gasteiger partial charge in [0.1, 0.15) is 22.2 Å². The van der Waals surface area contributed by atoms with Gasteiger partial charge in [-0.3, -0.25) is 4.79 Å². The van der Waals surface area contributed by atoms with Crippen LogP contribution in [0, 0.1) is 13.8 Å². The van der Waals surface area contributed by atoms with Gasteiger partial charge in [-0.15, -0.1) is 11.3 Å². The first-order valence-corrected chi connectivity index (χ1v) is 9.33. The first-order chi connectivity index (χ1) is 12.4. The van der Waals surface area contributed by atoms with Crippen molar-refractivity contribution in [3.8, 4) is 5.75 Å². The molecule has 4 nitrogen and oxygen atoms in total. The molecule has 0 saturated carbocycles. The number of anilines is 1. The molecule has 134 valence electrons. The van der Waals surface area contributed by atoms with E-state index in [-0.39, 0.29) is 5.91 Å². The number of hydrogen-bond donors (Lipinski definition) is 0. The highest BCUT2D eigenvalue weighted by atomic mass is 35.5. The van der Waals surface area contributed by atoms with Crippen LogP contribution in [0.15, 0.2) is 48.5 Å². The van der Waals surface area contributed by atoms with E-state index in [2.05, 4.69) is 4.98 Å². The summed E-state index contributed by atoms with van der Waals surface area (Å²) in [5, 5.41) is 1.42. The summed E-state index contributed by atoms with van der Waals surface area (Å²) < 4.78 is 5.72. The molecule has 0 aliphatic rings. The Hall–Kier alpha value is -2.37. The Bertz CT molecular complexity index is 905. The molecule has 0 N–H and O–H groups in total. The molecule has 0 spiro atoms. The van der Waals surface area contributed by atoms with Gasteiger partial charge in [0.15, 0.2) is 0 Å². The molecular formula is C20H19ClN2O2S. The van der Waals surface area contributed by atoms with Crippen LogP contribution in [-0.4, -0.2) is 17.9 Å². The zero-order chi connectivity index (χ0) is 18.7. The van der Waals surface area contributed by atoms with E-state index in [1.165, 1.54) is 11.3 Å². The molecule has 0 saturated heterocycles. The van der Waals surface area contributed by atoms with Crippen LogP contribution in [0.4, 0.5) is 5.69 Å². The number of amides is 1. The summed E-state index contributed by atoms with van der Waals surface area (Å²) in [6, 6.07) is 15.0. The van der Waals surface area contributed by atoms with E-state index in [1.807, 2.05) is 38.1 Å². The Morgan fingerprint density at radius 3 is 2.42 bits per heavy atom. The summed E-state index contributed by atoms with van der Waals surface area (Å²) in [5.41, 5.74) is 2.73. The predicted molar refractivity (Wildman–Crippen MR) is 107 cm³/mol. The number of hydrogen-bond acceptors (Lipinski definition) is 4. The first-order valence-electron chi connectivity index (χ1n) is 8.13. The summed E-state index contributed by atoms with van der Waals surface area (Å²) in [5.74, 6) is 0.647. The fourth-order valence-corrected chi connectivity index (χ4v) is 3.51. The molecule has 0 aliphatic heterocycles. The van der Waals surface area contributed by atoms with Crippen molar-refractivity contribution in [3.05, 3.63) is 74.7 Å². The van der Waals surface area contributed by atoms with Gasteiger partial charge in [-0.2, -0.15) is 0 Å². The van der Waals surface area contributed by atoms with Crippen molar-refractivity contribution in [2.24, 2.45) is 0 Å². The molecule has 3 aromatic rings. The van der Waals surface area contributed by atoms with E-state index in [1.54, 1.807) is 36.2 Å². The Balaban J connectivity index is 1.71. The van der Waals surface area contributed by atoms with Gasteiger partial charge in [-0.05, 0) is 50.2 Å². The molecule has 1 aromatic heterocycles. The van der Waals surface area contributed by atoms with Gasteiger partial charge >= 0.3 is 0 Å². The standard InChI is InChI=1S/C20H19ClN2O2S/c1-13-4-8-16(9-5-13)23(3)20(24)19-14(2)22-18(26-19)12-25-17-10-6-15(21)7-11-17/h4-11H,12H2,1-3H3. The highest BCUT2D eigenvalue weighted by molar-refractivity contribution is 7.13. The lowest BCUT2D eigenvalue weighted by molar-refractivity contribution is 0.0996. The zero-order valence-corrected chi connectivity index (χ0v) is 16.4. The topological polar surface area (TPSA) is 42.4 Å². The highest BCUT2D eigenvalue weighted by Crippen LogP contribution is 2.24. The van der Waals surface area contributed by atoms with Crippen LogP contribution >= 0.6 is 22.9 Å². The lowest BCUT2D eigenvalue weighted by atomic mass is 10.2. The van der Waals surface area contributed by atoms with E-state index in [9.17, 15) is 4.79 Å². The van der Waals surface area contributed by atoms with E-state index in [0.29, 0.717) is 28.0 Å². The molecule has 0 bridgehead atoms. The lowest BCUT2D eigenvalue weighted by Gasteiger charge is -2.16. The minimum absolute atomic E-state index is 0.0680. The van der Waals surface area contributed by atoms with Crippen LogP contribution in [0.25, 0.3) is 0 Å². The van der Waals surface area contributed by atoms with Gasteiger partial charge in [0.2, 0.25) is 0 Å². The monoisotopic (exact) mass is 386 g/mol. The number of aromatic nitrogens is 1. The highest BCUT2D eigenvalue weighted by Gasteiger charge is 2.20. The number of ether oxygens (including phenoxy) is 1. The van der Waals surface area contributed by atoms with Crippen molar-refractivity contribution < 1.29 is 9.53 Å². The first kappa shape index (κ1) is 18.4. The number of thiazole rings is 1. The minimum atomic E-state index is -0.0680. The van der Waals surface area contributed by atoms with Crippen molar-refractivity contribution >= 4 is 34.5 Å². The van der Waals surface area contributed by atoms with Gasteiger partial charge in [0.05, 0.1) is 5.69 Å².